The van der Waals surface area contributed by atoms with Gasteiger partial charge in [-0.1, -0.05) is 30.3 Å². The van der Waals surface area contributed by atoms with Gasteiger partial charge in [0.25, 0.3) is 0 Å². The summed E-state index contributed by atoms with van der Waals surface area (Å²) < 4.78 is 4.08. The van der Waals surface area contributed by atoms with Gasteiger partial charge in [0.15, 0.2) is 0 Å². The van der Waals surface area contributed by atoms with Crippen molar-refractivity contribution in [1.82, 2.24) is 0 Å². The van der Waals surface area contributed by atoms with Crippen LogP contribution < -0.4 is 22.5 Å². The van der Waals surface area contributed by atoms with Gasteiger partial charge < -0.3 is 32.4 Å². The Balaban J connectivity index is 0.000000475. The van der Waals surface area contributed by atoms with Crippen molar-refractivity contribution in [2.75, 3.05) is 18.4 Å². The van der Waals surface area contributed by atoms with Crippen LogP contribution in [0.5, 0.6) is 0 Å². The lowest BCUT2D eigenvalue weighted by atomic mass is 10.2. The van der Waals surface area contributed by atoms with Gasteiger partial charge in [-0.15, -0.1) is 0 Å². The standard InChI is InChI=1S/C9H9NO2.C8H11N.C5H12N2O2.C4H4O3/c1-7(12)10-9-4-2-8(6-11)3-5-9;9-7-6-8-4-2-1-3-5-8;6-3-1-2-4(7)5(8)9;5-3-1-2-4(6)7-3/h2-6H,1H3,(H,10,12);1-5H,6-7,9H2;4H,1-3,6-7H2,(H,8,9);1-2H2/t;;4-;/m..0./s1. The second-order valence-electron chi connectivity index (χ2n) is 7.67. The molecule has 0 radical (unpaired) electrons. The summed E-state index contributed by atoms with van der Waals surface area (Å²) in [5.41, 5.74) is 18.3. The van der Waals surface area contributed by atoms with Crippen LogP contribution in [-0.4, -0.2) is 54.3 Å². The molecule has 1 aliphatic heterocycles. The number of cyclic esters (lactones) is 2. The molecule has 0 saturated carbocycles. The van der Waals surface area contributed by atoms with Gasteiger partial charge in [0.1, 0.15) is 12.3 Å². The Morgan fingerprint density at radius 3 is 1.95 bits per heavy atom. The molecule has 0 aromatic heterocycles. The fourth-order valence-corrected chi connectivity index (χ4v) is 2.55. The highest BCUT2D eigenvalue weighted by Gasteiger charge is 2.19. The maximum atomic E-state index is 10.6. The topological polar surface area (TPSA) is 205 Å². The molecular weight excluding hydrogens is 480 g/mol. The van der Waals surface area contributed by atoms with Gasteiger partial charge in [-0.2, -0.15) is 0 Å². The normalized spacial score (nSPS) is 12.2. The van der Waals surface area contributed by atoms with Crippen LogP contribution >= 0.6 is 0 Å². The Hall–Kier alpha value is -3.93. The number of benzene rings is 2. The molecule has 2 aromatic rings. The van der Waals surface area contributed by atoms with Gasteiger partial charge >= 0.3 is 17.9 Å². The number of anilines is 1. The maximum absolute atomic E-state index is 10.6. The Morgan fingerprint density at radius 1 is 1.00 bits per heavy atom. The predicted octanol–water partition coefficient (Wildman–Crippen LogP) is 1.63. The number of carbonyl (C=O) groups is 5. The summed E-state index contributed by atoms with van der Waals surface area (Å²) in [6, 6.07) is 16.2. The minimum Gasteiger partial charge on any atom is -0.480 e. The molecule has 1 heterocycles. The maximum Gasteiger partial charge on any atom is 0.320 e. The third-order valence-corrected chi connectivity index (χ3v) is 4.44. The van der Waals surface area contributed by atoms with Crippen LogP contribution in [0.3, 0.4) is 0 Å². The largest absolute Gasteiger partial charge is 0.480 e. The molecule has 1 atom stereocenters. The van der Waals surface area contributed by atoms with Crippen molar-refractivity contribution in [2.24, 2.45) is 17.2 Å². The predicted molar refractivity (Wildman–Crippen MR) is 140 cm³/mol. The molecule has 0 unspecified atom stereocenters. The summed E-state index contributed by atoms with van der Waals surface area (Å²) in [5.74, 6) is -1.87. The molecule has 1 fully saturated rings. The summed E-state index contributed by atoms with van der Waals surface area (Å²) in [7, 11) is 0. The zero-order valence-corrected chi connectivity index (χ0v) is 20.9. The number of carboxylic acids is 1. The van der Waals surface area contributed by atoms with E-state index < -0.39 is 23.9 Å². The molecule has 3 rings (SSSR count). The van der Waals surface area contributed by atoms with Crippen molar-refractivity contribution < 1.29 is 33.8 Å². The van der Waals surface area contributed by atoms with Crippen molar-refractivity contribution >= 4 is 35.8 Å². The van der Waals surface area contributed by atoms with Crippen LogP contribution in [0.2, 0.25) is 0 Å². The molecule has 8 N–H and O–H groups in total. The molecule has 2 aromatic carbocycles. The molecule has 1 aliphatic rings. The number of aliphatic carboxylic acids is 1. The molecular formula is C26H36N4O7. The van der Waals surface area contributed by atoms with E-state index in [9.17, 15) is 24.0 Å². The number of nitrogens with one attached hydrogen (secondary N) is 1. The molecule has 202 valence electrons. The van der Waals surface area contributed by atoms with Crippen LogP contribution in [-0.2, 0) is 30.3 Å². The van der Waals surface area contributed by atoms with E-state index in [4.69, 9.17) is 22.3 Å². The highest BCUT2D eigenvalue weighted by atomic mass is 16.6. The number of amides is 1. The summed E-state index contributed by atoms with van der Waals surface area (Å²) in [6.07, 6.45) is 3.41. The van der Waals surface area contributed by atoms with Crippen molar-refractivity contribution in [1.29, 1.82) is 0 Å². The van der Waals surface area contributed by atoms with E-state index in [1.807, 2.05) is 18.2 Å². The van der Waals surface area contributed by atoms with Crippen LogP contribution in [0.25, 0.3) is 0 Å². The number of esters is 2. The highest BCUT2D eigenvalue weighted by molar-refractivity contribution is 5.92. The first-order chi connectivity index (χ1) is 17.6. The van der Waals surface area contributed by atoms with Gasteiger partial charge in [0, 0.05) is 18.2 Å². The SMILES string of the molecule is CC(=O)Nc1ccc(C=O)cc1.NCCC[C@H](N)C(=O)O.NCCc1ccccc1.O=C1CCC(=O)O1. The summed E-state index contributed by atoms with van der Waals surface area (Å²) in [6.45, 7) is 2.68. The lowest BCUT2D eigenvalue weighted by Gasteiger charge is -2.02. The molecule has 1 amide bonds. The van der Waals surface area contributed by atoms with Crippen molar-refractivity contribution in [3.63, 3.8) is 0 Å². The Labute approximate surface area is 216 Å². The van der Waals surface area contributed by atoms with E-state index >= 15 is 0 Å². The highest BCUT2D eigenvalue weighted by Crippen LogP contribution is 2.07. The Bertz CT molecular complexity index is 953. The number of carbonyl (C=O) groups excluding carboxylic acids is 4. The number of ether oxygens (including phenoxy) is 1. The first kappa shape index (κ1) is 33.1. The van der Waals surface area contributed by atoms with Crippen LogP contribution in [0.15, 0.2) is 54.6 Å². The van der Waals surface area contributed by atoms with Crippen LogP contribution in [0.4, 0.5) is 5.69 Å². The average molecular weight is 517 g/mol. The fourth-order valence-electron chi connectivity index (χ4n) is 2.55. The van der Waals surface area contributed by atoms with Gasteiger partial charge in [-0.05, 0) is 62.2 Å². The minimum absolute atomic E-state index is 0.117. The zero-order chi connectivity index (χ0) is 28.1. The van der Waals surface area contributed by atoms with Gasteiger partial charge in [0.2, 0.25) is 5.91 Å². The Kier molecular flexibility index (Phi) is 18.1. The zero-order valence-electron chi connectivity index (χ0n) is 20.9. The molecule has 11 heteroatoms. The first-order valence-electron chi connectivity index (χ1n) is 11.6. The third-order valence-electron chi connectivity index (χ3n) is 4.44. The summed E-state index contributed by atoms with van der Waals surface area (Å²) >= 11 is 0. The van der Waals surface area contributed by atoms with E-state index in [0.717, 1.165) is 19.3 Å². The molecule has 0 bridgehead atoms. The van der Waals surface area contributed by atoms with Crippen molar-refractivity contribution in [3.05, 3.63) is 65.7 Å². The number of carboxylic acid groups (broad SMARTS) is 1. The number of nitrogens with two attached hydrogens (primary N) is 3. The van der Waals surface area contributed by atoms with Crippen molar-refractivity contribution in [3.8, 4) is 0 Å². The van der Waals surface area contributed by atoms with Gasteiger partial charge in [-0.25, -0.2) is 0 Å². The van der Waals surface area contributed by atoms with Crippen molar-refractivity contribution in [2.45, 2.75) is 45.1 Å². The van der Waals surface area contributed by atoms with E-state index in [1.165, 1.54) is 12.5 Å². The fraction of sp³-hybridized carbons (Fsp3) is 0.346. The van der Waals surface area contributed by atoms with E-state index in [0.29, 0.717) is 30.6 Å². The van der Waals surface area contributed by atoms with Gasteiger partial charge in [-0.3, -0.25) is 24.0 Å². The smallest absolute Gasteiger partial charge is 0.320 e. The Morgan fingerprint density at radius 2 is 1.57 bits per heavy atom. The molecule has 11 nitrogen and oxygen atoms in total. The van der Waals surface area contributed by atoms with Crippen LogP contribution in [0.1, 0.15) is 48.5 Å². The number of aldehydes is 1. The third kappa shape index (κ3) is 18.1. The van der Waals surface area contributed by atoms with E-state index in [1.54, 1.807) is 24.3 Å². The summed E-state index contributed by atoms with van der Waals surface area (Å²) in [4.78, 5) is 50.9. The van der Waals surface area contributed by atoms with E-state index in [2.05, 4.69) is 22.2 Å². The number of hydrogen-bond donors (Lipinski definition) is 5. The minimum atomic E-state index is -0.955. The second-order valence-corrected chi connectivity index (χ2v) is 7.67. The monoisotopic (exact) mass is 516 g/mol. The number of rotatable bonds is 8. The molecule has 0 aliphatic carbocycles. The van der Waals surface area contributed by atoms with E-state index in [-0.39, 0.29) is 18.7 Å². The first-order valence-corrected chi connectivity index (χ1v) is 11.6. The lowest BCUT2D eigenvalue weighted by Crippen LogP contribution is -2.30. The molecule has 0 spiro atoms. The number of hydrogen-bond acceptors (Lipinski definition) is 9. The van der Waals surface area contributed by atoms with Crippen LogP contribution in [0, 0.1) is 0 Å². The lowest BCUT2D eigenvalue weighted by molar-refractivity contribution is -0.152. The van der Waals surface area contributed by atoms with Gasteiger partial charge in [0.05, 0.1) is 12.8 Å². The molecule has 1 saturated heterocycles. The molecule has 37 heavy (non-hydrogen) atoms. The average Bonchev–Trinajstić information content (AvgIpc) is 3.27. The second kappa shape index (κ2) is 20.3. The summed E-state index contributed by atoms with van der Waals surface area (Å²) in [5, 5.41) is 10.8. The quantitative estimate of drug-likeness (QED) is 0.195.